The molecule has 1 aromatic carbocycles. The molecule has 0 spiro atoms. The standard InChI is InChI=1S/C19H21BrN4O2/c1-12-9-16(22-19-15(20)10-21-24(12)19)13-5-7-23(8-6-13)11-14-3-2-4-17(25)18(14)26/h2-4,9-10,13,25-26H,5-8,11H2,1H3. The van der Waals surface area contributed by atoms with Crippen molar-refractivity contribution in [1.29, 1.82) is 0 Å². The second-order valence-electron chi connectivity index (χ2n) is 6.89. The first kappa shape index (κ1) is 17.3. The van der Waals surface area contributed by atoms with Crippen molar-refractivity contribution >= 4 is 21.6 Å². The molecule has 0 saturated carbocycles. The second-order valence-corrected chi connectivity index (χ2v) is 7.74. The van der Waals surface area contributed by atoms with E-state index < -0.39 is 0 Å². The zero-order valence-corrected chi connectivity index (χ0v) is 16.1. The highest BCUT2D eigenvalue weighted by molar-refractivity contribution is 9.10. The van der Waals surface area contributed by atoms with Gasteiger partial charge in [-0.1, -0.05) is 12.1 Å². The molecule has 0 bridgehead atoms. The van der Waals surface area contributed by atoms with Gasteiger partial charge in [0.15, 0.2) is 17.1 Å². The summed E-state index contributed by atoms with van der Waals surface area (Å²) in [6, 6.07) is 7.26. The van der Waals surface area contributed by atoms with E-state index in [1.165, 1.54) is 6.07 Å². The fourth-order valence-corrected chi connectivity index (χ4v) is 4.00. The zero-order valence-electron chi connectivity index (χ0n) is 14.6. The molecule has 1 saturated heterocycles. The van der Waals surface area contributed by atoms with Crippen molar-refractivity contribution in [2.24, 2.45) is 0 Å². The summed E-state index contributed by atoms with van der Waals surface area (Å²) in [5, 5.41) is 24.0. The van der Waals surface area contributed by atoms with Gasteiger partial charge in [-0.3, -0.25) is 4.90 Å². The Balaban J connectivity index is 1.47. The van der Waals surface area contributed by atoms with Crippen LogP contribution < -0.4 is 0 Å². The van der Waals surface area contributed by atoms with Crippen LogP contribution in [0, 0.1) is 6.92 Å². The molecule has 7 heteroatoms. The maximum Gasteiger partial charge on any atom is 0.169 e. The van der Waals surface area contributed by atoms with Gasteiger partial charge in [0.1, 0.15) is 0 Å². The lowest BCUT2D eigenvalue weighted by Crippen LogP contribution is -2.32. The van der Waals surface area contributed by atoms with E-state index in [9.17, 15) is 10.2 Å². The summed E-state index contributed by atoms with van der Waals surface area (Å²) in [6.45, 7) is 4.57. The van der Waals surface area contributed by atoms with E-state index in [4.69, 9.17) is 4.98 Å². The SMILES string of the molecule is Cc1cc(C2CCN(Cc3cccc(O)c3O)CC2)nc2c(Br)cnn12. The molecule has 26 heavy (non-hydrogen) atoms. The lowest BCUT2D eigenvalue weighted by Gasteiger charge is -2.32. The lowest BCUT2D eigenvalue weighted by atomic mass is 9.92. The Morgan fingerprint density at radius 1 is 1.23 bits per heavy atom. The van der Waals surface area contributed by atoms with Gasteiger partial charge in [-0.15, -0.1) is 0 Å². The van der Waals surface area contributed by atoms with Crippen LogP contribution in [0.5, 0.6) is 11.5 Å². The van der Waals surface area contributed by atoms with Crippen LogP contribution in [0.3, 0.4) is 0 Å². The summed E-state index contributed by atoms with van der Waals surface area (Å²) in [5.41, 5.74) is 3.84. The van der Waals surface area contributed by atoms with Crippen LogP contribution in [0.4, 0.5) is 0 Å². The summed E-state index contributed by atoms with van der Waals surface area (Å²) in [7, 11) is 0. The zero-order chi connectivity index (χ0) is 18.3. The van der Waals surface area contributed by atoms with Crippen LogP contribution in [-0.4, -0.2) is 42.8 Å². The molecule has 1 fully saturated rings. The molecule has 0 radical (unpaired) electrons. The smallest absolute Gasteiger partial charge is 0.169 e. The predicted molar refractivity (Wildman–Crippen MR) is 102 cm³/mol. The number of aromatic nitrogens is 3. The van der Waals surface area contributed by atoms with Crippen LogP contribution in [0.2, 0.25) is 0 Å². The fraction of sp³-hybridized carbons (Fsp3) is 0.368. The van der Waals surface area contributed by atoms with Crippen LogP contribution in [0.25, 0.3) is 5.65 Å². The van der Waals surface area contributed by atoms with Gasteiger partial charge < -0.3 is 10.2 Å². The number of hydrogen-bond acceptors (Lipinski definition) is 5. The third kappa shape index (κ3) is 3.17. The van der Waals surface area contributed by atoms with Gasteiger partial charge in [-0.05, 0) is 60.9 Å². The number of phenolic OH excluding ortho intramolecular Hbond substituents is 2. The quantitative estimate of drug-likeness (QED) is 0.638. The van der Waals surface area contributed by atoms with E-state index >= 15 is 0 Å². The summed E-state index contributed by atoms with van der Waals surface area (Å²) in [4.78, 5) is 7.13. The molecule has 3 heterocycles. The summed E-state index contributed by atoms with van der Waals surface area (Å²) in [5.74, 6) is 0.356. The van der Waals surface area contributed by atoms with E-state index in [0.29, 0.717) is 12.5 Å². The molecule has 0 atom stereocenters. The van der Waals surface area contributed by atoms with Crippen LogP contribution >= 0.6 is 15.9 Å². The highest BCUT2D eigenvalue weighted by atomic mass is 79.9. The van der Waals surface area contributed by atoms with E-state index in [0.717, 1.165) is 53.0 Å². The minimum absolute atomic E-state index is 0.0112. The highest BCUT2D eigenvalue weighted by Gasteiger charge is 2.23. The van der Waals surface area contributed by atoms with E-state index in [1.54, 1.807) is 12.3 Å². The molecule has 6 nitrogen and oxygen atoms in total. The Morgan fingerprint density at radius 3 is 2.77 bits per heavy atom. The normalized spacial score (nSPS) is 16.4. The molecular weight excluding hydrogens is 396 g/mol. The Bertz CT molecular complexity index is 948. The lowest BCUT2D eigenvalue weighted by molar-refractivity contribution is 0.201. The molecule has 2 aromatic heterocycles. The number of rotatable bonds is 3. The van der Waals surface area contributed by atoms with E-state index in [1.807, 2.05) is 10.6 Å². The number of benzene rings is 1. The molecule has 1 aliphatic rings. The third-order valence-corrected chi connectivity index (χ3v) is 5.68. The van der Waals surface area contributed by atoms with Crippen LogP contribution in [0.1, 0.15) is 35.7 Å². The fourth-order valence-electron chi connectivity index (χ4n) is 3.65. The number of likely N-dealkylation sites (tertiary alicyclic amines) is 1. The van der Waals surface area contributed by atoms with Gasteiger partial charge in [0.05, 0.1) is 10.7 Å². The highest BCUT2D eigenvalue weighted by Crippen LogP contribution is 2.32. The maximum atomic E-state index is 10.00. The van der Waals surface area contributed by atoms with Crippen molar-refractivity contribution in [1.82, 2.24) is 19.5 Å². The Labute approximate surface area is 160 Å². The van der Waals surface area contributed by atoms with Crippen molar-refractivity contribution in [3.05, 3.63) is 51.9 Å². The van der Waals surface area contributed by atoms with E-state index in [2.05, 4.69) is 38.9 Å². The number of halogens is 1. The number of piperidine rings is 1. The monoisotopic (exact) mass is 416 g/mol. The molecule has 0 unspecified atom stereocenters. The third-order valence-electron chi connectivity index (χ3n) is 5.12. The van der Waals surface area contributed by atoms with Gasteiger partial charge in [0.25, 0.3) is 0 Å². The number of phenols is 2. The topological polar surface area (TPSA) is 73.9 Å². The number of aromatic hydroxyl groups is 2. The molecule has 0 aliphatic carbocycles. The van der Waals surface area contributed by atoms with Crippen molar-refractivity contribution in [3.63, 3.8) is 0 Å². The Kier molecular flexibility index (Phi) is 4.58. The Hall–Kier alpha value is -2.12. The molecule has 3 aromatic rings. The molecule has 1 aliphatic heterocycles. The van der Waals surface area contributed by atoms with Gasteiger partial charge in [-0.2, -0.15) is 5.10 Å². The summed E-state index contributed by atoms with van der Waals surface area (Å²) < 4.78 is 2.77. The minimum atomic E-state index is -0.0586. The minimum Gasteiger partial charge on any atom is -0.504 e. The summed E-state index contributed by atoms with van der Waals surface area (Å²) >= 11 is 3.52. The maximum absolute atomic E-state index is 10.00. The average Bonchev–Trinajstić information content (AvgIpc) is 3.01. The van der Waals surface area contributed by atoms with Gasteiger partial charge in [0.2, 0.25) is 0 Å². The Morgan fingerprint density at radius 2 is 2.00 bits per heavy atom. The molecular formula is C19H21BrN4O2. The van der Waals surface area contributed by atoms with Gasteiger partial charge in [-0.25, -0.2) is 9.50 Å². The second kappa shape index (κ2) is 6.89. The number of nitrogens with zero attached hydrogens (tertiary/aromatic N) is 4. The van der Waals surface area contributed by atoms with Crippen molar-refractivity contribution in [3.8, 4) is 11.5 Å². The predicted octanol–water partition coefficient (Wildman–Crippen LogP) is 3.59. The van der Waals surface area contributed by atoms with Gasteiger partial charge >= 0.3 is 0 Å². The molecule has 136 valence electrons. The number of aryl methyl sites for hydroxylation is 1. The first-order valence-electron chi connectivity index (χ1n) is 8.76. The first-order valence-corrected chi connectivity index (χ1v) is 9.55. The van der Waals surface area contributed by atoms with E-state index in [-0.39, 0.29) is 11.5 Å². The average molecular weight is 417 g/mol. The number of fused-ring (bicyclic) bond motifs is 1. The molecule has 2 N–H and O–H groups in total. The largest absolute Gasteiger partial charge is 0.504 e. The van der Waals surface area contributed by atoms with Crippen molar-refractivity contribution < 1.29 is 10.2 Å². The molecule has 0 amide bonds. The number of hydrogen-bond donors (Lipinski definition) is 2. The van der Waals surface area contributed by atoms with Crippen molar-refractivity contribution in [2.45, 2.75) is 32.2 Å². The van der Waals surface area contributed by atoms with Crippen molar-refractivity contribution in [2.75, 3.05) is 13.1 Å². The molecule has 4 rings (SSSR count). The van der Waals surface area contributed by atoms with Crippen LogP contribution in [-0.2, 0) is 6.54 Å². The van der Waals surface area contributed by atoms with Gasteiger partial charge in [0, 0.05) is 29.4 Å². The summed E-state index contributed by atoms with van der Waals surface area (Å²) in [6.07, 6.45) is 3.82. The van der Waals surface area contributed by atoms with Crippen LogP contribution in [0.15, 0.2) is 34.9 Å². The first-order chi connectivity index (χ1) is 12.5. The number of para-hydroxylation sites is 1.